The smallest absolute Gasteiger partial charge is 0.144 e. The number of benzene rings is 1. The van der Waals surface area contributed by atoms with Crippen molar-refractivity contribution in [2.75, 3.05) is 7.11 Å². The first kappa shape index (κ1) is 15.1. The first-order valence-corrected chi connectivity index (χ1v) is 7.86. The molecule has 0 radical (unpaired) electrons. The molecule has 3 nitrogen and oxygen atoms in total. The number of halogens is 3. The zero-order valence-corrected chi connectivity index (χ0v) is 13.5. The van der Waals surface area contributed by atoms with Crippen LogP contribution in [0.3, 0.4) is 0 Å². The number of rotatable bonds is 3. The molecule has 3 unspecified atom stereocenters. The molecule has 0 aliphatic heterocycles. The van der Waals surface area contributed by atoms with Crippen molar-refractivity contribution in [1.29, 1.82) is 0 Å². The van der Waals surface area contributed by atoms with E-state index in [0.717, 1.165) is 30.6 Å². The number of fused-ring (bicyclic) bond motifs is 1. The summed E-state index contributed by atoms with van der Waals surface area (Å²) in [4.78, 5) is 4.50. The van der Waals surface area contributed by atoms with Gasteiger partial charge in [-0.15, -0.1) is 11.6 Å². The van der Waals surface area contributed by atoms with Gasteiger partial charge in [0.2, 0.25) is 0 Å². The molecule has 0 amide bonds. The highest BCUT2D eigenvalue weighted by atomic mass is 35.5. The highest BCUT2D eigenvalue weighted by molar-refractivity contribution is 6.31. The Kier molecular flexibility index (Phi) is 4.12. The van der Waals surface area contributed by atoms with Crippen molar-refractivity contribution in [3.05, 3.63) is 28.8 Å². The fourth-order valence-corrected chi connectivity index (χ4v) is 3.45. The third-order valence-electron chi connectivity index (χ3n) is 4.17. The first-order valence-electron chi connectivity index (χ1n) is 7.05. The second-order valence-corrected chi connectivity index (χ2v) is 6.60. The molecule has 1 aromatic heterocycles. The summed E-state index contributed by atoms with van der Waals surface area (Å²) in [5.74, 6) is 0.305. The summed E-state index contributed by atoms with van der Waals surface area (Å²) in [6.45, 7) is 1.87. The zero-order valence-electron chi connectivity index (χ0n) is 11.9. The summed E-state index contributed by atoms with van der Waals surface area (Å²) in [7, 11) is 1.73. The van der Waals surface area contributed by atoms with E-state index < -0.39 is 5.82 Å². The molecule has 1 aliphatic carbocycles. The third kappa shape index (κ3) is 2.65. The van der Waals surface area contributed by atoms with E-state index in [1.807, 2.05) is 6.92 Å². The number of imidazole rings is 1. The topological polar surface area (TPSA) is 27.1 Å². The lowest BCUT2D eigenvalue weighted by Gasteiger charge is -2.18. The molecular formula is C15H17Cl2FN2O. The second kappa shape index (κ2) is 5.75. The van der Waals surface area contributed by atoms with Crippen LogP contribution in [0, 0.1) is 5.82 Å². The molecule has 0 spiro atoms. The largest absolute Gasteiger partial charge is 0.381 e. The summed E-state index contributed by atoms with van der Waals surface area (Å²) in [6, 6.07) is 3.28. The molecule has 21 heavy (non-hydrogen) atoms. The Morgan fingerprint density at radius 3 is 2.81 bits per heavy atom. The van der Waals surface area contributed by atoms with Gasteiger partial charge in [-0.05, 0) is 32.3 Å². The molecule has 114 valence electrons. The zero-order chi connectivity index (χ0) is 15.1. The Balaban J connectivity index is 2.14. The van der Waals surface area contributed by atoms with Crippen LogP contribution in [0.25, 0.3) is 11.0 Å². The standard InChI is InChI=1S/C15H17Cl2FN2O/c1-8(16)15-19-13-7-12(18)11(17)6-14(13)20(15)9-3-4-10(5-9)21-2/h6-10H,3-5H2,1-2H3. The highest BCUT2D eigenvalue weighted by Gasteiger charge is 2.30. The SMILES string of the molecule is COC1CCC(n2c(C(C)Cl)nc3cc(F)c(Cl)cc32)C1. The minimum absolute atomic E-state index is 0.110. The van der Waals surface area contributed by atoms with Crippen LogP contribution in [0.2, 0.25) is 5.02 Å². The molecule has 0 bridgehead atoms. The maximum absolute atomic E-state index is 13.7. The van der Waals surface area contributed by atoms with Crippen molar-refractivity contribution in [3.63, 3.8) is 0 Å². The van der Waals surface area contributed by atoms with E-state index in [4.69, 9.17) is 27.9 Å². The molecule has 1 aromatic carbocycles. The van der Waals surface area contributed by atoms with Crippen molar-refractivity contribution >= 4 is 34.2 Å². The van der Waals surface area contributed by atoms with Gasteiger partial charge in [-0.1, -0.05) is 11.6 Å². The van der Waals surface area contributed by atoms with Gasteiger partial charge in [-0.2, -0.15) is 0 Å². The normalized spacial score (nSPS) is 23.9. The monoisotopic (exact) mass is 330 g/mol. The lowest BCUT2D eigenvalue weighted by molar-refractivity contribution is 0.106. The number of ether oxygens (including phenoxy) is 1. The average molecular weight is 331 g/mol. The molecule has 2 aromatic rings. The van der Waals surface area contributed by atoms with E-state index in [2.05, 4.69) is 9.55 Å². The Bertz CT molecular complexity index is 671. The van der Waals surface area contributed by atoms with Crippen molar-refractivity contribution < 1.29 is 9.13 Å². The van der Waals surface area contributed by atoms with Gasteiger partial charge in [0, 0.05) is 19.2 Å². The minimum Gasteiger partial charge on any atom is -0.381 e. The number of alkyl halides is 1. The summed E-state index contributed by atoms with van der Waals surface area (Å²) in [6.07, 6.45) is 3.16. The van der Waals surface area contributed by atoms with Gasteiger partial charge < -0.3 is 9.30 Å². The van der Waals surface area contributed by atoms with Crippen LogP contribution in [-0.2, 0) is 4.74 Å². The lowest BCUT2D eigenvalue weighted by atomic mass is 10.2. The van der Waals surface area contributed by atoms with Crippen LogP contribution in [0.5, 0.6) is 0 Å². The van der Waals surface area contributed by atoms with Crippen molar-refractivity contribution in [2.45, 2.75) is 43.7 Å². The summed E-state index contributed by atoms with van der Waals surface area (Å²) < 4.78 is 21.2. The van der Waals surface area contributed by atoms with Gasteiger partial charge in [0.25, 0.3) is 0 Å². The number of methoxy groups -OCH3 is 1. The fourth-order valence-electron chi connectivity index (χ4n) is 3.14. The average Bonchev–Trinajstić information content (AvgIpc) is 3.03. The van der Waals surface area contributed by atoms with Crippen LogP contribution >= 0.6 is 23.2 Å². The van der Waals surface area contributed by atoms with Gasteiger partial charge in [0.1, 0.15) is 11.6 Å². The van der Waals surface area contributed by atoms with Gasteiger partial charge in [0.05, 0.1) is 27.5 Å². The number of hydrogen-bond acceptors (Lipinski definition) is 2. The maximum atomic E-state index is 13.7. The van der Waals surface area contributed by atoms with Crippen LogP contribution in [0.1, 0.15) is 43.4 Å². The molecule has 1 saturated carbocycles. The molecule has 6 heteroatoms. The van der Waals surface area contributed by atoms with Gasteiger partial charge in [-0.25, -0.2) is 9.37 Å². The van der Waals surface area contributed by atoms with Crippen molar-refractivity contribution in [3.8, 4) is 0 Å². The minimum atomic E-state index is -0.455. The molecule has 3 atom stereocenters. The maximum Gasteiger partial charge on any atom is 0.144 e. The van der Waals surface area contributed by atoms with E-state index in [1.165, 1.54) is 6.07 Å². The Labute approximate surface area is 133 Å². The van der Waals surface area contributed by atoms with Crippen molar-refractivity contribution in [1.82, 2.24) is 9.55 Å². The second-order valence-electron chi connectivity index (χ2n) is 5.54. The Morgan fingerprint density at radius 1 is 1.43 bits per heavy atom. The molecule has 1 heterocycles. The molecule has 0 N–H and O–H groups in total. The predicted molar refractivity (Wildman–Crippen MR) is 82.7 cm³/mol. The molecular weight excluding hydrogens is 314 g/mol. The molecule has 0 saturated heterocycles. The van der Waals surface area contributed by atoms with E-state index in [1.54, 1.807) is 13.2 Å². The van der Waals surface area contributed by atoms with Crippen LogP contribution in [-0.4, -0.2) is 22.8 Å². The van der Waals surface area contributed by atoms with E-state index in [0.29, 0.717) is 5.52 Å². The van der Waals surface area contributed by atoms with Crippen LogP contribution in [0.15, 0.2) is 12.1 Å². The van der Waals surface area contributed by atoms with E-state index in [9.17, 15) is 4.39 Å². The van der Waals surface area contributed by atoms with E-state index >= 15 is 0 Å². The van der Waals surface area contributed by atoms with Crippen molar-refractivity contribution in [2.24, 2.45) is 0 Å². The fraction of sp³-hybridized carbons (Fsp3) is 0.533. The lowest BCUT2D eigenvalue weighted by Crippen LogP contribution is -2.12. The van der Waals surface area contributed by atoms with E-state index in [-0.39, 0.29) is 22.5 Å². The Hall–Kier alpha value is -0.840. The van der Waals surface area contributed by atoms with Gasteiger partial charge in [-0.3, -0.25) is 0 Å². The summed E-state index contributed by atoms with van der Waals surface area (Å²) in [5.41, 5.74) is 1.44. The molecule has 3 rings (SSSR count). The van der Waals surface area contributed by atoms with Crippen LogP contribution in [0.4, 0.5) is 4.39 Å². The summed E-state index contributed by atoms with van der Waals surface area (Å²) in [5, 5.41) is -0.139. The summed E-state index contributed by atoms with van der Waals surface area (Å²) >= 11 is 12.2. The number of aromatic nitrogens is 2. The quantitative estimate of drug-likeness (QED) is 0.751. The van der Waals surface area contributed by atoms with Gasteiger partial charge >= 0.3 is 0 Å². The Morgan fingerprint density at radius 2 is 2.19 bits per heavy atom. The number of hydrogen-bond donors (Lipinski definition) is 0. The highest BCUT2D eigenvalue weighted by Crippen LogP contribution is 2.38. The third-order valence-corrected chi connectivity index (χ3v) is 4.65. The predicted octanol–water partition coefficient (Wildman–Crippen LogP) is 4.87. The van der Waals surface area contributed by atoms with Gasteiger partial charge in [0.15, 0.2) is 0 Å². The van der Waals surface area contributed by atoms with Crippen LogP contribution < -0.4 is 0 Å². The first-order chi connectivity index (χ1) is 10.0. The number of nitrogens with zero attached hydrogens (tertiary/aromatic N) is 2. The molecule has 1 aliphatic rings. The molecule has 1 fully saturated rings.